The van der Waals surface area contributed by atoms with Gasteiger partial charge in [-0.15, -0.1) is 11.3 Å². The van der Waals surface area contributed by atoms with Crippen LogP contribution in [0, 0.1) is 0 Å². The first-order valence-corrected chi connectivity index (χ1v) is 6.71. The van der Waals surface area contributed by atoms with Crippen molar-refractivity contribution in [3.05, 3.63) is 46.2 Å². The molecule has 0 saturated heterocycles. The topological polar surface area (TPSA) is 58.4 Å². The number of aryl methyl sites for hydroxylation is 2. The number of thiazole rings is 1. The lowest BCUT2D eigenvalue weighted by Crippen LogP contribution is -1.89. The van der Waals surface area contributed by atoms with E-state index in [0.29, 0.717) is 0 Å². The number of nitrogens with zero attached hydrogens (tertiary/aromatic N) is 3. The maximum Gasteiger partial charge on any atom is 0.0931 e. The first-order chi connectivity index (χ1) is 8.88. The van der Waals surface area contributed by atoms with Crippen molar-refractivity contribution in [2.45, 2.75) is 25.7 Å². The molecule has 0 radical (unpaired) electrons. The molecule has 0 atom stereocenters. The van der Waals surface area contributed by atoms with Gasteiger partial charge in [-0.05, 0) is 37.3 Å². The molecule has 0 spiro atoms. The Morgan fingerprint density at radius 1 is 1.28 bits per heavy atom. The Kier molecular flexibility index (Phi) is 4.84. The number of hydrogen-bond donors (Lipinski definition) is 1. The summed E-state index contributed by atoms with van der Waals surface area (Å²) < 4.78 is 0. The summed E-state index contributed by atoms with van der Waals surface area (Å²) in [5.74, 6) is 0. The zero-order chi connectivity index (χ0) is 12.6. The molecule has 0 aliphatic rings. The third kappa shape index (κ3) is 3.92. The molecule has 0 amide bonds. The molecule has 2 rings (SSSR count). The van der Waals surface area contributed by atoms with E-state index < -0.39 is 0 Å². The summed E-state index contributed by atoms with van der Waals surface area (Å²) in [4.78, 5) is 9.27. The van der Waals surface area contributed by atoms with Crippen LogP contribution in [0.4, 0.5) is 0 Å². The van der Waals surface area contributed by atoms with Gasteiger partial charge in [0.2, 0.25) is 0 Å². The average Bonchev–Trinajstić information content (AvgIpc) is 2.84. The molecule has 0 aromatic carbocycles. The summed E-state index contributed by atoms with van der Waals surface area (Å²) in [7, 11) is 0. The summed E-state index contributed by atoms with van der Waals surface area (Å²) in [6, 6.07) is 4.07. The van der Waals surface area contributed by atoms with E-state index >= 15 is 0 Å². The standard InChI is InChI=1S/C13H15N3OS/c17-16-10-12-9-15-13(18-12)6-2-1-4-11-5-3-7-14-8-11/h3,5,7-10,17H,1-2,4,6H2/b16-10-. The molecule has 2 aromatic heterocycles. The quantitative estimate of drug-likeness (QED) is 0.376. The number of rotatable bonds is 6. The Morgan fingerprint density at radius 3 is 2.94 bits per heavy atom. The summed E-state index contributed by atoms with van der Waals surface area (Å²) in [5.41, 5.74) is 1.28. The van der Waals surface area contributed by atoms with E-state index in [1.54, 1.807) is 23.7 Å². The van der Waals surface area contributed by atoms with Crippen LogP contribution in [0.2, 0.25) is 0 Å². The summed E-state index contributed by atoms with van der Waals surface area (Å²) in [5, 5.41) is 12.5. The average molecular weight is 261 g/mol. The molecule has 0 unspecified atom stereocenters. The highest BCUT2D eigenvalue weighted by molar-refractivity contribution is 7.13. The van der Waals surface area contributed by atoms with Gasteiger partial charge in [0.05, 0.1) is 16.1 Å². The van der Waals surface area contributed by atoms with Gasteiger partial charge in [0.1, 0.15) is 0 Å². The Hall–Kier alpha value is -1.75. The van der Waals surface area contributed by atoms with E-state index in [0.717, 1.165) is 35.6 Å². The van der Waals surface area contributed by atoms with E-state index in [-0.39, 0.29) is 0 Å². The highest BCUT2D eigenvalue weighted by Crippen LogP contribution is 2.14. The smallest absolute Gasteiger partial charge is 0.0931 e. The lowest BCUT2D eigenvalue weighted by Gasteiger charge is -1.99. The first-order valence-electron chi connectivity index (χ1n) is 5.89. The minimum absolute atomic E-state index is 0.889. The second-order valence-corrected chi connectivity index (χ2v) is 5.12. The molecule has 0 saturated carbocycles. The molecule has 18 heavy (non-hydrogen) atoms. The van der Waals surface area contributed by atoms with Crippen LogP contribution in [0.3, 0.4) is 0 Å². The molecule has 4 nitrogen and oxygen atoms in total. The fourth-order valence-electron chi connectivity index (χ4n) is 1.71. The highest BCUT2D eigenvalue weighted by atomic mass is 32.1. The third-order valence-corrected chi connectivity index (χ3v) is 3.58. The number of oxime groups is 1. The fourth-order valence-corrected chi connectivity index (χ4v) is 2.54. The van der Waals surface area contributed by atoms with Crippen molar-refractivity contribution < 1.29 is 5.21 Å². The molecule has 0 fully saturated rings. The molecule has 0 aliphatic heterocycles. The van der Waals surface area contributed by atoms with Crippen LogP contribution in [0.5, 0.6) is 0 Å². The zero-order valence-corrected chi connectivity index (χ0v) is 10.8. The van der Waals surface area contributed by atoms with Gasteiger partial charge in [-0.1, -0.05) is 11.2 Å². The van der Waals surface area contributed by atoms with Crippen LogP contribution in [0.15, 0.2) is 35.9 Å². The van der Waals surface area contributed by atoms with Crippen LogP contribution in [-0.4, -0.2) is 21.4 Å². The van der Waals surface area contributed by atoms with Crippen molar-refractivity contribution in [2.24, 2.45) is 5.16 Å². The van der Waals surface area contributed by atoms with E-state index in [4.69, 9.17) is 5.21 Å². The lowest BCUT2D eigenvalue weighted by molar-refractivity contribution is 0.322. The van der Waals surface area contributed by atoms with Gasteiger partial charge >= 0.3 is 0 Å². The molecule has 2 aromatic rings. The summed E-state index contributed by atoms with van der Waals surface area (Å²) in [6.07, 6.45) is 11.1. The maximum atomic E-state index is 8.41. The third-order valence-electron chi connectivity index (χ3n) is 2.59. The largest absolute Gasteiger partial charge is 0.411 e. The van der Waals surface area contributed by atoms with Gasteiger partial charge in [0.25, 0.3) is 0 Å². The van der Waals surface area contributed by atoms with Crippen molar-refractivity contribution in [1.29, 1.82) is 0 Å². The molecule has 94 valence electrons. The minimum atomic E-state index is 0.889. The molecular formula is C13H15N3OS. The SMILES string of the molecule is O/N=C\c1cnc(CCCCc2cccnc2)s1. The number of hydrogen-bond acceptors (Lipinski definition) is 5. The molecule has 0 aliphatic carbocycles. The van der Waals surface area contributed by atoms with Gasteiger partial charge < -0.3 is 5.21 Å². The number of aromatic nitrogens is 2. The molecule has 2 heterocycles. The van der Waals surface area contributed by atoms with Gasteiger partial charge in [0.15, 0.2) is 0 Å². The van der Waals surface area contributed by atoms with E-state index in [1.807, 2.05) is 12.3 Å². The lowest BCUT2D eigenvalue weighted by atomic mass is 10.1. The number of unbranched alkanes of at least 4 members (excludes halogenated alkanes) is 1. The monoisotopic (exact) mass is 261 g/mol. The second-order valence-electron chi connectivity index (χ2n) is 3.97. The molecule has 0 bridgehead atoms. The molecule has 1 N–H and O–H groups in total. The van der Waals surface area contributed by atoms with Crippen molar-refractivity contribution in [3.8, 4) is 0 Å². The fraction of sp³-hybridized carbons (Fsp3) is 0.308. The normalized spacial score (nSPS) is 11.1. The predicted molar refractivity (Wildman–Crippen MR) is 72.4 cm³/mol. The highest BCUT2D eigenvalue weighted by Gasteiger charge is 2.00. The van der Waals surface area contributed by atoms with Crippen molar-refractivity contribution >= 4 is 17.6 Å². The van der Waals surface area contributed by atoms with Crippen LogP contribution in [0.25, 0.3) is 0 Å². The van der Waals surface area contributed by atoms with Crippen LogP contribution < -0.4 is 0 Å². The van der Waals surface area contributed by atoms with Crippen molar-refractivity contribution in [1.82, 2.24) is 9.97 Å². The van der Waals surface area contributed by atoms with Crippen LogP contribution in [-0.2, 0) is 12.8 Å². The Bertz CT molecular complexity index is 496. The van der Waals surface area contributed by atoms with E-state index in [2.05, 4.69) is 21.2 Å². The minimum Gasteiger partial charge on any atom is -0.411 e. The van der Waals surface area contributed by atoms with Crippen LogP contribution in [0.1, 0.15) is 28.3 Å². The van der Waals surface area contributed by atoms with Crippen molar-refractivity contribution in [2.75, 3.05) is 0 Å². The van der Waals surface area contributed by atoms with E-state index in [9.17, 15) is 0 Å². The van der Waals surface area contributed by atoms with Gasteiger partial charge in [-0.25, -0.2) is 4.98 Å². The summed E-state index contributed by atoms with van der Waals surface area (Å²) in [6.45, 7) is 0. The Balaban J connectivity index is 1.72. The van der Waals surface area contributed by atoms with Crippen molar-refractivity contribution in [3.63, 3.8) is 0 Å². The van der Waals surface area contributed by atoms with Crippen LogP contribution >= 0.6 is 11.3 Å². The Morgan fingerprint density at radius 2 is 2.17 bits per heavy atom. The second kappa shape index (κ2) is 6.86. The first kappa shape index (κ1) is 12.7. The molecular weight excluding hydrogens is 246 g/mol. The van der Waals surface area contributed by atoms with Gasteiger partial charge in [0, 0.05) is 18.6 Å². The van der Waals surface area contributed by atoms with Gasteiger partial charge in [-0.2, -0.15) is 0 Å². The summed E-state index contributed by atoms with van der Waals surface area (Å²) >= 11 is 1.57. The number of pyridine rings is 1. The maximum absolute atomic E-state index is 8.41. The van der Waals surface area contributed by atoms with Gasteiger partial charge in [-0.3, -0.25) is 4.98 Å². The van der Waals surface area contributed by atoms with E-state index in [1.165, 1.54) is 11.8 Å². The molecule has 5 heteroatoms. The zero-order valence-electron chi connectivity index (χ0n) is 9.99. The predicted octanol–water partition coefficient (Wildman–Crippen LogP) is 2.91. The Labute approximate surface area is 110 Å².